The Bertz CT molecular complexity index is 371. The molecule has 0 amide bonds. The second-order valence-corrected chi connectivity index (χ2v) is 5.15. The molecule has 0 unspecified atom stereocenters. The summed E-state index contributed by atoms with van der Waals surface area (Å²) < 4.78 is 0. The predicted molar refractivity (Wildman–Crippen MR) is 65.4 cm³/mol. The molecule has 1 aliphatic rings. The predicted octanol–water partition coefficient (Wildman–Crippen LogP) is 2.37. The van der Waals surface area contributed by atoms with Crippen LogP contribution in [-0.4, -0.2) is 27.5 Å². The van der Waals surface area contributed by atoms with Crippen LogP contribution >= 0.6 is 0 Å². The molecule has 0 fully saturated rings. The van der Waals surface area contributed by atoms with Crippen LogP contribution in [0, 0.1) is 0 Å². The second kappa shape index (κ2) is 4.50. The van der Waals surface area contributed by atoms with Crippen LogP contribution in [0.3, 0.4) is 0 Å². The first-order valence-corrected chi connectivity index (χ1v) is 6.16. The molecule has 3 heteroatoms. The first-order chi connectivity index (χ1) is 7.59. The van der Waals surface area contributed by atoms with E-state index in [1.165, 1.54) is 17.0 Å². The Morgan fingerprint density at radius 2 is 1.94 bits per heavy atom. The molecule has 0 radical (unpaired) electrons. The first kappa shape index (κ1) is 11.5. The number of hydrogen-bond donors (Lipinski definition) is 0. The van der Waals surface area contributed by atoms with Gasteiger partial charge >= 0.3 is 0 Å². The highest BCUT2D eigenvalue weighted by atomic mass is 15.2. The fourth-order valence-electron chi connectivity index (χ4n) is 2.32. The van der Waals surface area contributed by atoms with Gasteiger partial charge in [-0.1, -0.05) is 13.8 Å². The minimum absolute atomic E-state index is 0.490. The van der Waals surface area contributed by atoms with Crippen molar-refractivity contribution < 1.29 is 0 Å². The summed E-state index contributed by atoms with van der Waals surface area (Å²) in [5.41, 5.74) is 3.86. The third-order valence-electron chi connectivity index (χ3n) is 3.34. The molecule has 3 nitrogen and oxygen atoms in total. The second-order valence-electron chi connectivity index (χ2n) is 5.15. The highest BCUT2D eigenvalue weighted by molar-refractivity contribution is 5.29. The Hall–Kier alpha value is -0.960. The van der Waals surface area contributed by atoms with Gasteiger partial charge in [-0.3, -0.25) is 4.90 Å². The average Bonchev–Trinajstić information content (AvgIpc) is 2.27. The van der Waals surface area contributed by atoms with Crippen LogP contribution in [-0.2, 0) is 13.0 Å². The zero-order valence-corrected chi connectivity index (χ0v) is 10.7. The monoisotopic (exact) mass is 219 g/mol. The van der Waals surface area contributed by atoms with Gasteiger partial charge in [-0.05, 0) is 19.8 Å². The van der Waals surface area contributed by atoms with Gasteiger partial charge in [0.25, 0.3) is 0 Å². The summed E-state index contributed by atoms with van der Waals surface area (Å²) >= 11 is 0. The fraction of sp³-hybridized carbons (Fsp3) is 0.692. The highest BCUT2D eigenvalue weighted by Crippen LogP contribution is 2.25. The molecule has 0 aromatic carbocycles. The summed E-state index contributed by atoms with van der Waals surface area (Å²) in [5, 5.41) is 0. The van der Waals surface area contributed by atoms with E-state index in [0.717, 1.165) is 19.5 Å². The van der Waals surface area contributed by atoms with Gasteiger partial charge in [-0.2, -0.15) is 0 Å². The van der Waals surface area contributed by atoms with Crippen LogP contribution in [0.15, 0.2) is 6.33 Å². The summed E-state index contributed by atoms with van der Waals surface area (Å²) in [6.45, 7) is 11.1. The summed E-state index contributed by atoms with van der Waals surface area (Å²) in [5.74, 6) is 0.490. The van der Waals surface area contributed by atoms with Crippen molar-refractivity contribution in [2.75, 3.05) is 6.54 Å². The lowest BCUT2D eigenvalue weighted by Gasteiger charge is -2.32. The lowest BCUT2D eigenvalue weighted by atomic mass is 9.97. The van der Waals surface area contributed by atoms with Crippen molar-refractivity contribution in [3.63, 3.8) is 0 Å². The first-order valence-electron chi connectivity index (χ1n) is 6.16. The summed E-state index contributed by atoms with van der Waals surface area (Å²) in [6, 6.07) is 0.605. The van der Waals surface area contributed by atoms with E-state index in [4.69, 9.17) is 0 Å². The Labute approximate surface area is 97.9 Å². The van der Waals surface area contributed by atoms with E-state index in [1.807, 2.05) is 0 Å². The van der Waals surface area contributed by atoms with Crippen molar-refractivity contribution in [1.29, 1.82) is 0 Å². The molecule has 2 rings (SSSR count). The van der Waals surface area contributed by atoms with Crippen molar-refractivity contribution >= 4 is 0 Å². The highest BCUT2D eigenvalue weighted by Gasteiger charge is 2.23. The van der Waals surface area contributed by atoms with E-state index in [0.29, 0.717) is 12.0 Å². The van der Waals surface area contributed by atoms with Crippen molar-refractivity contribution in [2.45, 2.75) is 52.6 Å². The topological polar surface area (TPSA) is 29.0 Å². The fourth-order valence-corrected chi connectivity index (χ4v) is 2.32. The minimum Gasteiger partial charge on any atom is -0.296 e. The molecule has 0 N–H and O–H groups in total. The van der Waals surface area contributed by atoms with Crippen molar-refractivity contribution in [3.8, 4) is 0 Å². The summed E-state index contributed by atoms with van der Waals surface area (Å²) in [6.07, 6.45) is 2.79. The van der Waals surface area contributed by atoms with E-state index in [2.05, 4.69) is 42.6 Å². The number of fused-ring (bicyclic) bond motifs is 1. The van der Waals surface area contributed by atoms with Gasteiger partial charge in [-0.15, -0.1) is 0 Å². The standard InChI is InChI=1S/C13H21N3/c1-9(2)13-11-7-16(10(3)4)6-5-12(11)14-8-15-13/h8-10H,5-7H2,1-4H3. The minimum atomic E-state index is 0.490. The van der Waals surface area contributed by atoms with Crippen molar-refractivity contribution in [3.05, 3.63) is 23.3 Å². The van der Waals surface area contributed by atoms with Gasteiger partial charge in [0.2, 0.25) is 0 Å². The zero-order chi connectivity index (χ0) is 11.7. The van der Waals surface area contributed by atoms with Gasteiger partial charge in [0.15, 0.2) is 0 Å². The number of hydrogen-bond acceptors (Lipinski definition) is 3. The largest absolute Gasteiger partial charge is 0.296 e. The maximum atomic E-state index is 4.45. The SMILES string of the molecule is CC(C)c1ncnc2c1CN(C(C)C)CC2. The maximum absolute atomic E-state index is 4.45. The molecule has 0 bridgehead atoms. The quantitative estimate of drug-likeness (QED) is 0.764. The van der Waals surface area contributed by atoms with Crippen molar-refractivity contribution in [2.24, 2.45) is 0 Å². The van der Waals surface area contributed by atoms with Crippen LogP contribution in [0.4, 0.5) is 0 Å². The molecule has 0 saturated carbocycles. The molecule has 88 valence electrons. The van der Waals surface area contributed by atoms with Crippen LogP contribution in [0.25, 0.3) is 0 Å². The van der Waals surface area contributed by atoms with Crippen LogP contribution < -0.4 is 0 Å². The lowest BCUT2D eigenvalue weighted by molar-refractivity contribution is 0.200. The van der Waals surface area contributed by atoms with Crippen LogP contribution in [0.2, 0.25) is 0 Å². The molecule has 0 spiro atoms. The van der Waals surface area contributed by atoms with E-state index in [-0.39, 0.29) is 0 Å². The van der Waals surface area contributed by atoms with Crippen molar-refractivity contribution in [1.82, 2.24) is 14.9 Å². The van der Waals surface area contributed by atoms with Gasteiger partial charge in [-0.25, -0.2) is 9.97 Å². The third-order valence-corrected chi connectivity index (χ3v) is 3.34. The number of nitrogens with zero attached hydrogens (tertiary/aromatic N) is 3. The van der Waals surface area contributed by atoms with E-state index < -0.39 is 0 Å². The Balaban J connectivity index is 2.34. The van der Waals surface area contributed by atoms with E-state index in [9.17, 15) is 0 Å². The molecule has 1 aromatic rings. The molecular weight excluding hydrogens is 198 g/mol. The van der Waals surface area contributed by atoms with Crippen LogP contribution in [0.5, 0.6) is 0 Å². The summed E-state index contributed by atoms with van der Waals surface area (Å²) in [4.78, 5) is 11.4. The molecule has 16 heavy (non-hydrogen) atoms. The molecule has 1 aromatic heterocycles. The van der Waals surface area contributed by atoms with E-state index >= 15 is 0 Å². The normalized spacial score (nSPS) is 16.9. The van der Waals surface area contributed by atoms with Gasteiger partial charge in [0, 0.05) is 36.8 Å². The summed E-state index contributed by atoms with van der Waals surface area (Å²) in [7, 11) is 0. The maximum Gasteiger partial charge on any atom is 0.115 e. The van der Waals surface area contributed by atoms with Gasteiger partial charge < -0.3 is 0 Å². The van der Waals surface area contributed by atoms with Crippen LogP contribution in [0.1, 0.15) is 50.6 Å². The Morgan fingerprint density at radius 3 is 2.56 bits per heavy atom. The molecule has 0 aliphatic carbocycles. The molecule has 0 atom stereocenters. The zero-order valence-electron chi connectivity index (χ0n) is 10.7. The third kappa shape index (κ3) is 2.09. The average molecular weight is 219 g/mol. The Morgan fingerprint density at radius 1 is 1.19 bits per heavy atom. The number of rotatable bonds is 2. The lowest BCUT2D eigenvalue weighted by Crippen LogP contribution is -2.37. The van der Waals surface area contributed by atoms with E-state index in [1.54, 1.807) is 6.33 Å². The Kier molecular flexibility index (Phi) is 3.24. The molecule has 2 heterocycles. The van der Waals surface area contributed by atoms with Gasteiger partial charge in [0.05, 0.1) is 5.69 Å². The smallest absolute Gasteiger partial charge is 0.115 e. The molecule has 0 saturated heterocycles. The van der Waals surface area contributed by atoms with Gasteiger partial charge in [0.1, 0.15) is 6.33 Å². The molecule has 1 aliphatic heterocycles. The molecular formula is C13H21N3. The number of aromatic nitrogens is 2.